The third kappa shape index (κ3) is 6.39. The van der Waals surface area contributed by atoms with E-state index in [0.717, 1.165) is 34.4 Å². The first-order valence-electron chi connectivity index (χ1n) is 11.0. The zero-order valence-corrected chi connectivity index (χ0v) is 21.8. The minimum absolute atomic E-state index is 0.00635. The van der Waals surface area contributed by atoms with E-state index in [-0.39, 0.29) is 21.2 Å². The Bertz CT molecular complexity index is 1270. The van der Waals surface area contributed by atoms with Gasteiger partial charge in [0.05, 0.1) is 21.2 Å². The molecule has 3 aromatic rings. The zero-order valence-electron chi connectivity index (χ0n) is 20.2. The third-order valence-corrected chi connectivity index (χ3v) is 6.55. The summed E-state index contributed by atoms with van der Waals surface area (Å²) in [6, 6.07) is 12.6. The highest BCUT2D eigenvalue weighted by Gasteiger charge is 2.24. The van der Waals surface area contributed by atoms with Crippen molar-refractivity contribution in [3.8, 4) is 0 Å². The molecule has 8 heteroatoms. The van der Waals surface area contributed by atoms with Gasteiger partial charge in [0.1, 0.15) is 0 Å². The van der Waals surface area contributed by atoms with E-state index in [0.29, 0.717) is 11.1 Å². The predicted octanol–water partition coefficient (Wildman–Crippen LogP) is 6.31. The number of hydrogen-bond donors (Lipinski definition) is 0. The molecule has 0 heterocycles. The van der Waals surface area contributed by atoms with Crippen molar-refractivity contribution in [2.45, 2.75) is 27.7 Å². The summed E-state index contributed by atoms with van der Waals surface area (Å²) in [5.41, 5.74) is 4.22. The lowest BCUT2D eigenvalue weighted by atomic mass is 10.0. The number of esters is 2. The highest BCUT2D eigenvalue weighted by Crippen LogP contribution is 2.27. The molecule has 3 rings (SSSR count). The summed E-state index contributed by atoms with van der Waals surface area (Å²) < 4.78 is 10.3. The Hall–Kier alpha value is -3.48. The van der Waals surface area contributed by atoms with Crippen LogP contribution in [0.5, 0.6) is 0 Å². The van der Waals surface area contributed by atoms with Crippen LogP contribution in [0, 0.1) is 27.7 Å². The lowest BCUT2D eigenvalue weighted by Gasteiger charge is -2.12. The van der Waals surface area contributed by atoms with Gasteiger partial charge in [-0.05, 0) is 74.2 Å². The third-order valence-electron chi connectivity index (χ3n) is 5.83. The van der Waals surface area contributed by atoms with Crippen LogP contribution >= 0.6 is 23.2 Å². The van der Waals surface area contributed by atoms with Gasteiger partial charge in [0.25, 0.3) is 0 Å². The monoisotopic (exact) mass is 526 g/mol. The van der Waals surface area contributed by atoms with Crippen LogP contribution in [0.3, 0.4) is 0 Å². The summed E-state index contributed by atoms with van der Waals surface area (Å²) in [5.74, 6) is -2.74. The normalized spacial score (nSPS) is 10.6. The molecule has 0 N–H and O–H groups in total. The first-order valence-corrected chi connectivity index (χ1v) is 11.8. The lowest BCUT2D eigenvalue weighted by Crippen LogP contribution is -2.20. The van der Waals surface area contributed by atoms with E-state index >= 15 is 0 Å². The van der Waals surface area contributed by atoms with E-state index in [1.54, 1.807) is 36.4 Å². The molecular weight excluding hydrogens is 503 g/mol. The molecule has 0 unspecified atom stereocenters. The maximum Gasteiger partial charge on any atom is 0.339 e. The van der Waals surface area contributed by atoms with Crippen LogP contribution in [0.1, 0.15) is 63.7 Å². The number of halogens is 2. The molecule has 0 saturated carbocycles. The fourth-order valence-electron chi connectivity index (χ4n) is 3.30. The summed E-state index contributed by atoms with van der Waals surface area (Å²) in [7, 11) is 0. The topological polar surface area (TPSA) is 86.7 Å². The average molecular weight is 527 g/mol. The Morgan fingerprint density at radius 3 is 1.28 bits per heavy atom. The molecular formula is C28H24Cl2O6. The maximum atomic E-state index is 12.8. The molecule has 0 saturated heterocycles. The number of ether oxygens (including phenoxy) is 2. The molecule has 0 amide bonds. The van der Waals surface area contributed by atoms with Gasteiger partial charge < -0.3 is 9.47 Å². The molecule has 0 aliphatic heterocycles. The highest BCUT2D eigenvalue weighted by molar-refractivity contribution is 6.42. The van der Waals surface area contributed by atoms with E-state index in [1.807, 2.05) is 27.7 Å². The van der Waals surface area contributed by atoms with Crippen molar-refractivity contribution in [1.82, 2.24) is 0 Å². The fourth-order valence-corrected chi connectivity index (χ4v) is 3.63. The van der Waals surface area contributed by atoms with Gasteiger partial charge in [-0.2, -0.15) is 0 Å². The molecule has 186 valence electrons. The summed E-state index contributed by atoms with van der Waals surface area (Å²) in [6.45, 7) is 6.50. The molecule has 0 radical (unpaired) electrons. The smallest absolute Gasteiger partial charge is 0.339 e. The van der Waals surface area contributed by atoms with Crippen LogP contribution in [0.4, 0.5) is 0 Å². The van der Waals surface area contributed by atoms with Crippen molar-refractivity contribution in [3.05, 3.63) is 103 Å². The van der Waals surface area contributed by atoms with Crippen molar-refractivity contribution < 1.29 is 28.7 Å². The maximum absolute atomic E-state index is 12.8. The van der Waals surface area contributed by atoms with Gasteiger partial charge in [0.15, 0.2) is 24.8 Å². The predicted molar refractivity (Wildman–Crippen MR) is 138 cm³/mol. The summed E-state index contributed by atoms with van der Waals surface area (Å²) in [4.78, 5) is 50.5. The molecule has 0 aliphatic rings. The second-order valence-corrected chi connectivity index (χ2v) is 9.22. The van der Waals surface area contributed by atoms with Crippen molar-refractivity contribution in [3.63, 3.8) is 0 Å². The number of aryl methyl sites for hydroxylation is 4. The van der Waals surface area contributed by atoms with E-state index in [4.69, 9.17) is 32.7 Å². The van der Waals surface area contributed by atoms with Crippen LogP contribution in [-0.2, 0) is 9.47 Å². The van der Waals surface area contributed by atoms with Gasteiger partial charge in [0.2, 0.25) is 0 Å². The summed E-state index contributed by atoms with van der Waals surface area (Å²) in [5, 5.41) is 0.0127. The summed E-state index contributed by atoms with van der Waals surface area (Å²) >= 11 is 12.1. The first-order chi connectivity index (χ1) is 17.0. The number of carbonyl (C=O) groups is 4. The van der Waals surface area contributed by atoms with E-state index in [2.05, 4.69) is 0 Å². The number of rotatable bonds is 8. The van der Waals surface area contributed by atoms with Gasteiger partial charge in [-0.15, -0.1) is 0 Å². The molecule has 6 nitrogen and oxygen atoms in total. The van der Waals surface area contributed by atoms with Gasteiger partial charge in [-0.3, -0.25) is 9.59 Å². The second kappa shape index (κ2) is 11.5. The van der Waals surface area contributed by atoms with Crippen LogP contribution < -0.4 is 0 Å². The minimum atomic E-state index is -0.960. The molecule has 3 aromatic carbocycles. The van der Waals surface area contributed by atoms with E-state index in [9.17, 15) is 19.2 Å². The Kier molecular flexibility index (Phi) is 8.66. The van der Waals surface area contributed by atoms with E-state index in [1.165, 1.54) is 0 Å². The quantitative estimate of drug-likeness (QED) is 0.252. The molecule has 0 aliphatic carbocycles. The molecule has 0 atom stereocenters. The number of benzene rings is 3. The zero-order chi connectivity index (χ0) is 26.6. The molecule has 0 aromatic heterocycles. The van der Waals surface area contributed by atoms with E-state index < -0.39 is 36.7 Å². The summed E-state index contributed by atoms with van der Waals surface area (Å²) in [6.07, 6.45) is 0. The second-order valence-electron chi connectivity index (χ2n) is 8.41. The van der Waals surface area contributed by atoms with Gasteiger partial charge in [-0.1, -0.05) is 47.5 Å². The molecule has 36 heavy (non-hydrogen) atoms. The van der Waals surface area contributed by atoms with Crippen molar-refractivity contribution in [2.75, 3.05) is 13.2 Å². The number of carbonyl (C=O) groups excluding carboxylic acids is 4. The number of ketones is 2. The van der Waals surface area contributed by atoms with Gasteiger partial charge in [-0.25, -0.2) is 9.59 Å². The number of hydrogen-bond acceptors (Lipinski definition) is 6. The Labute approximate surface area is 219 Å². The first kappa shape index (κ1) is 27.1. The Morgan fingerprint density at radius 2 is 0.944 bits per heavy atom. The largest absolute Gasteiger partial charge is 0.454 e. The highest BCUT2D eigenvalue weighted by atomic mass is 35.5. The minimum Gasteiger partial charge on any atom is -0.454 e. The van der Waals surface area contributed by atoms with Crippen LogP contribution in [0.2, 0.25) is 10.0 Å². The van der Waals surface area contributed by atoms with Crippen molar-refractivity contribution >= 4 is 46.7 Å². The number of Topliss-reactive ketones (excluding diaryl/α,β-unsaturated/α-hetero) is 2. The SMILES string of the molecule is Cc1ccc(C(=O)COC(=O)c2cc(Cl)c(Cl)cc2C(=O)OCC(=O)c2ccc(C)c(C)c2)cc1C. The van der Waals surface area contributed by atoms with Gasteiger partial charge in [0, 0.05) is 11.1 Å². The molecule has 0 spiro atoms. The standard InChI is InChI=1S/C28H24Cl2O6/c1-15-5-7-19(9-17(15)3)25(31)13-35-27(33)21-11-23(29)24(30)12-22(21)28(34)36-14-26(32)20-8-6-16(2)18(4)10-20/h5-12H,13-14H2,1-4H3. The molecule has 0 fully saturated rings. The van der Waals surface area contributed by atoms with Crippen molar-refractivity contribution in [1.29, 1.82) is 0 Å². The Morgan fingerprint density at radius 1 is 0.583 bits per heavy atom. The molecule has 0 bridgehead atoms. The van der Waals surface area contributed by atoms with Crippen LogP contribution in [0.15, 0.2) is 48.5 Å². The average Bonchev–Trinajstić information content (AvgIpc) is 2.85. The fraction of sp³-hybridized carbons (Fsp3) is 0.214. The van der Waals surface area contributed by atoms with Gasteiger partial charge >= 0.3 is 11.9 Å². The van der Waals surface area contributed by atoms with Crippen molar-refractivity contribution in [2.24, 2.45) is 0 Å². The lowest BCUT2D eigenvalue weighted by molar-refractivity contribution is 0.0439. The Balaban J connectivity index is 1.73. The van der Waals surface area contributed by atoms with Crippen LogP contribution in [0.25, 0.3) is 0 Å². The van der Waals surface area contributed by atoms with Crippen LogP contribution in [-0.4, -0.2) is 36.7 Å².